The van der Waals surface area contributed by atoms with Crippen molar-refractivity contribution in [1.29, 1.82) is 0 Å². The van der Waals surface area contributed by atoms with E-state index in [2.05, 4.69) is 25.0 Å². The largest absolute Gasteiger partial charge is 0.503 e. The van der Waals surface area contributed by atoms with E-state index in [1.165, 1.54) is 40.4 Å². The summed E-state index contributed by atoms with van der Waals surface area (Å²) >= 11 is 4.87. The lowest BCUT2D eigenvalue weighted by Crippen LogP contribution is -2.71. The summed E-state index contributed by atoms with van der Waals surface area (Å²) in [6, 6.07) is 8.23. The van der Waals surface area contributed by atoms with Gasteiger partial charge in [0.1, 0.15) is 32.7 Å². The first-order chi connectivity index (χ1) is 22.6. The fourth-order valence-corrected chi connectivity index (χ4v) is 8.18. The SMILES string of the molecule is Nc1nc(/C(=N/OC(c2ccccc2)c2cc(=O)c(O)cn2O)C(=O)N[C@@H]2C(=O)N3C(C(=O)O)=C(CSc4cnns4)CS[C@H]23)cs1. The van der Waals surface area contributed by atoms with Crippen molar-refractivity contribution in [3.05, 3.63) is 92.6 Å². The molecule has 47 heavy (non-hydrogen) atoms. The molecule has 1 fully saturated rings. The van der Waals surface area contributed by atoms with E-state index >= 15 is 0 Å². The molecule has 0 aliphatic carbocycles. The number of nitrogens with zero attached hydrogens (tertiary/aromatic N) is 6. The second kappa shape index (κ2) is 13.4. The number of thiazole rings is 1. The van der Waals surface area contributed by atoms with Crippen LogP contribution in [0.15, 0.2) is 79.6 Å². The Morgan fingerprint density at radius 1 is 1.26 bits per heavy atom. The molecule has 1 aromatic carbocycles. The van der Waals surface area contributed by atoms with Gasteiger partial charge in [0.2, 0.25) is 5.43 Å². The third-order valence-electron chi connectivity index (χ3n) is 6.91. The van der Waals surface area contributed by atoms with Crippen LogP contribution in [0, 0.1) is 0 Å². The molecule has 5 heterocycles. The van der Waals surface area contributed by atoms with E-state index in [9.17, 15) is 34.6 Å². The van der Waals surface area contributed by atoms with Crippen molar-refractivity contribution in [2.24, 2.45) is 5.16 Å². The molecular weight excluding hydrogens is 693 g/mol. The Kier molecular flexibility index (Phi) is 9.16. The lowest BCUT2D eigenvalue weighted by Gasteiger charge is -2.49. The number of nitrogens with one attached hydrogen (secondary N) is 1. The summed E-state index contributed by atoms with van der Waals surface area (Å²) in [5, 5.41) is 41.6. The van der Waals surface area contributed by atoms with E-state index in [0.717, 1.165) is 32.7 Å². The van der Waals surface area contributed by atoms with Crippen LogP contribution < -0.4 is 16.5 Å². The molecule has 20 heteroatoms. The zero-order chi connectivity index (χ0) is 33.2. The highest BCUT2D eigenvalue weighted by Crippen LogP contribution is 2.42. The number of hydrogen-bond donors (Lipinski definition) is 5. The number of carbonyl (C=O) groups is 3. The first kappa shape index (κ1) is 32.0. The molecule has 2 aliphatic rings. The van der Waals surface area contributed by atoms with Crippen LogP contribution in [0.3, 0.4) is 0 Å². The van der Waals surface area contributed by atoms with Crippen molar-refractivity contribution in [2.75, 3.05) is 17.2 Å². The van der Waals surface area contributed by atoms with E-state index in [4.69, 9.17) is 10.6 Å². The number of β-lactam (4-membered cyclic amide) rings is 1. The second-order valence-electron chi connectivity index (χ2n) is 9.84. The molecule has 3 atom stereocenters. The number of carbonyl (C=O) groups excluding carboxylic acids is 2. The summed E-state index contributed by atoms with van der Waals surface area (Å²) in [5.41, 5.74) is 5.40. The number of nitrogens with two attached hydrogens (primary N) is 1. The molecule has 3 aromatic heterocycles. The maximum absolute atomic E-state index is 13.7. The van der Waals surface area contributed by atoms with E-state index in [1.807, 2.05) is 0 Å². The van der Waals surface area contributed by atoms with Gasteiger partial charge in [-0.3, -0.25) is 19.3 Å². The van der Waals surface area contributed by atoms with Crippen molar-refractivity contribution < 1.29 is 34.6 Å². The van der Waals surface area contributed by atoms with Crippen LogP contribution in [0.2, 0.25) is 0 Å². The number of pyridine rings is 1. The quantitative estimate of drug-likeness (QED) is 0.0489. The fourth-order valence-electron chi connectivity index (χ4n) is 4.73. The highest BCUT2D eigenvalue weighted by Gasteiger charge is 2.54. The summed E-state index contributed by atoms with van der Waals surface area (Å²) < 4.78 is 5.09. The standard InChI is InChI=1S/C27H22N8O8S4/c28-27-30-14(11-46-27)19(32-43-22(12-4-2-1-3-5-12)15-6-16(36)17(37)8-34(15)42)23(38)31-20-24(39)35-21(26(40)41)13(10-45-25(20)35)9-44-18-7-29-33-47-18/h1-8,11,20,22,25,37,42H,9-10H2,(H2,28,30)(H,31,38)(H,40,41)/b32-19-/t20-,22?,25-/m1/s1. The number of hydrogen-bond acceptors (Lipinski definition) is 16. The van der Waals surface area contributed by atoms with Gasteiger partial charge < -0.3 is 31.3 Å². The van der Waals surface area contributed by atoms with Gasteiger partial charge in [-0.1, -0.05) is 40.0 Å². The Labute approximate surface area is 280 Å². The minimum atomic E-state index is -1.26. The molecule has 2 amide bonds. The molecule has 242 valence electrons. The first-order valence-corrected chi connectivity index (χ1v) is 17.1. The van der Waals surface area contributed by atoms with Crippen LogP contribution in [0.1, 0.15) is 23.1 Å². The molecule has 2 aliphatic heterocycles. The molecule has 4 aromatic rings. The molecule has 16 nitrogen and oxygen atoms in total. The number of aliphatic carboxylic acids is 1. The van der Waals surface area contributed by atoms with Gasteiger partial charge in [0.25, 0.3) is 11.8 Å². The predicted molar refractivity (Wildman–Crippen MR) is 172 cm³/mol. The van der Waals surface area contributed by atoms with Gasteiger partial charge in [-0.25, -0.2) is 9.78 Å². The van der Waals surface area contributed by atoms with Gasteiger partial charge in [0, 0.05) is 28.5 Å². The number of amides is 2. The topological polar surface area (TPSA) is 235 Å². The van der Waals surface area contributed by atoms with Gasteiger partial charge in [0.05, 0.1) is 12.4 Å². The maximum Gasteiger partial charge on any atom is 0.352 e. The van der Waals surface area contributed by atoms with Crippen LogP contribution in [0.25, 0.3) is 0 Å². The van der Waals surface area contributed by atoms with Crippen molar-refractivity contribution in [3.8, 4) is 5.75 Å². The second-order valence-corrected chi connectivity index (χ2v) is 13.9. The average molecular weight is 715 g/mol. The van der Waals surface area contributed by atoms with Crippen molar-refractivity contribution in [1.82, 2.24) is 29.5 Å². The Bertz CT molecular complexity index is 1960. The van der Waals surface area contributed by atoms with Crippen molar-refractivity contribution in [3.63, 3.8) is 0 Å². The van der Waals surface area contributed by atoms with Gasteiger partial charge in [-0.05, 0) is 17.1 Å². The Morgan fingerprint density at radius 2 is 2.04 bits per heavy atom. The molecule has 6 N–H and O–H groups in total. The van der Waals surface area contributed by atoms with Crippen LogP contribution in [0.4, 0.5) is 5.13 Å². The van der Waals surface area contributed by atoms with E-state index < -0.39 is 46.5 Å². The van der Waals surface area contributed by atoms with Crippen LogP contribution in [-0.2, 0) is 19.2 Å². The number of rotatable bonds is 11. The van der Waals surface area contributed by atoms with Crippen LogP contribution in [-0.4, -0.2) is 86.0 Å². The Hall–Kier alpha value is -4.92. The number of carboxylic acid groups (broad SMARTS) is 1. The van der Waals surface area contributed by atoms with E-state index in [0.29, 0.717) is 27.4 Å². The first-order valence-electron chi connectivity index (χ1n) is 13.4. The lowest BCUT2D eigenvalue weighted by atomic mass is 10.0. The van der Waals surface area contributed by atoms with Crippen molar-refractivity contribution in [2.45, 2.75) is 21.7 Å². The monoisotopic (exact) mass is 714 g/mol. The molecular formula is C27H22N8O8S4. The number of anilines is 1. The van der Waals surface area contributed by atoms with Gasteiger partial charge >= 0.3 is 5.97 Å². The van der Waals surface area contributed by atoms with Crippen molar-refractivity contribution >= 4 is 75.0 Å². The Morgan fingerprint density at radius 3 is 2.72 bits per heavy atom. The number of thioether (sulfide) groups is 2. The summed E-state index contributed by atoms with van der Waals surface area (Å²) in [7, 11) is 0. The number of aromatic hydroxyl groups is 1. The summed E-state index contributed by atoms with van der Waals surface area (Å²) in [6.07, 6.45) is 1.12. The van der Waals surface area contributed by atoms with Crippen LogP contribution >= 0.6 is 46.4 Å². The highest BCUT2D eigenvalue weighted by molar-refractivity contribution is 8.01. The molecule has 6 rings (SSSR count). The number of benzene rings is 1. The van der Waals surface area contributed by atoms with E-state index in [1.54, 1.807) is 36.5 Å². The summed E-state index contributed by atoms with van der Waals surface area (Å²) in [5.74, 6) is -2.83. The van der Waals surface area contributed by atoms with Gasteiger partial charge in [-0.2, -0.15) is 4.73 Å². The smallest absolute Gasteiger partial charge is 0.352 e. The summed E-state index contributed by atoms with van der Waals surface area (Å²) in [4.78, 5) is 62.5. The predicted octanol–water partition coefficient (Wildman–Crippen LogP) is 1.72. The van der Waals surface area contributed by atoms with Gasteiger partial charge in [-0.15, -0.1) is 40.0 Å². The van der Waals surface area contributed by atoms with Crippen LogP contribution in [0.5, 0.6) is 5.75 Å². The zero-order valence-corrected chi connectivity index (χ0v) is 26.9. The number of aromatic nitrogens is 4. The average Bonchev–Trinajstić information content (AvgIpc) is 3.74. The summed E-state index contributed by atoms with van der Waals surface area (Å²) in [6.45, 7) is 0. The van der Waals surface area contributed by atoms with E-state index in [-0.39, 0.29) is 27.9 Å². The molecule has 0 spiro atoms. The molecule has 1 saturated heterocycles. The Balaban J connectivity index is 1.26. The lowest BCUT2D eigenvalue weighted by molar-refractivity contribution is -0.150. The number of carboxylic acids is 1. The molecule has 0 radical (unpaired) electrons. The molecule has 0 saturated carbocycles. The molecule has 1 unspecified atom stereocenters. The van der Waals surface area contributed by atoms with Gasteiger partial charge in [0.15, 0.2) is 22.7 Å². The highest BCUT2D eigenvalue weighted by atomic mass is 32.2. The molecule has 0 bridgehead atoms. The number of fused-ring (bicyclic) bond motifs is 1. The third kappa shape index (κ3) is 6.52. The normalized spacial score (nSPS) is 18.3. The zero-order valence-electron chi connectivity index (χ0n) is 23.6. The maximum atomic E-state index is 13.7. The number of oxime groups is 1. The minimum absolute atomic E-state index is 0.0202. The fraction of sp³-hybridized carbons (Fsp3) is 0.185. The number of nitrogen functional groups attached to an aromatic ring is 1. The third-order valence-corrected chi connectivity index (χ3v) is 10.8. The minimum Gasteiger partial charge on any atom is -0.503 e.